The van der Waals surface area contributed by atoms with E-state index in [-0.39, 0.29) is 0 Å². The zero-order valence-electron chi connectivity index (χ0n) is 15.7. The molecule has 0 aromatic heterocycles. The molecule has 4 heteroatoms. The van der Waals surface area contributed by atoms with Gasteiger partial charge in [0.2, 0.25) is 0 Å². The first-order valence-corrected chi connectivity index (χ1v) is 8.89. The SMILES string of the molecule is CN(C)/N=C\c1ccc(OCc2ccccc2)c(OCc2ccccc2)c1. The number of rotatable bonds is 8. The van der Waals surface area contributed by atoms with E-state index in [1.165, 1.54) is 0 Å². The van der Waals surface area contributed by atoms with Crippen molar-refractivity contribution in [3.8, 4) is 11.5 Å². The van der Waals surface area contributed by atoms with Crippen molar-refractivity contribution < 1.29 is 9.47 Å². The molecule has 0 N–H and O–H groups in total. The maximum absolute atomic E-state index is 6.06. The highest BCUT2D eigenvalue weighted by Gasteiger charge is 2.08. The third-order valence-electron chi connectivity index (χ3n) is 3.88. The van der Waals surface area contributed by atoms with Gasteiger partial charge in [0.05, 0.1) is 6.21 Å². The first-order valence-electron chi connectivity index (χ1n) is 8.89. The minimum Gasteiger partial charge on any atom is -0.485 e. The molecule has 3 rings (SSSR count). The zero-order valence-corrected chi connectivity index (χ0v) is 15.7. The fourth-order valence-corrected chi connectivity index (χ4v) is 2.49. The van der Waals surface area contributed by atoms with Gasteiger partial charge in [0.15, 0.2) is 11.5 Å². The topological polar surface area (TPSA) is 34.1 Å². The Balaban J connectivity index is 1.77. The summed E-state index contributed by atoms with van der Waals surface area (Å²) in [7, 11) is 3.78. The van der Waals surface area contributed by atoms with Crippen molar-refractivity contribution in [2.75, 3.05) is 14.1 Å². The summed E-state index contributed by atoms with van der Waals surface area (Å²) in [6.45, 7) is 0.977. The fraction of sp³-hybridized carbons (Fsp3) is 0.174. The summed E-state index contributed by atoms with van der Waals surface area (Å²) in [6, 6.07) is 26.1. The summed E-state index contributed by atoms with van der Waals surface area (Å²) >= 11 is 0. The summed E-state index contributed by atoms with van der Waals surface area (Å²) in [5.74, 6) is 1.43. The van der Waals surface area contributed by atoms with Gasteiger partial charge in [-0.2, -0.15) is 5.10 Å². The van der Waals surface area contributed by atoms with Crippen molar-refractivity contribution in [2.45, 2.75) is 13.2 Å². The van der Waals surface area contributed by atoms with Gasteiger partial charge >= 0.3 is 0 Å². The molecule has 138 valence electrons. The molecule has 0 amide bonds. The number of hydrogen-bond acceptors (Lipinski definition) is 4. The van der Waals surface area contributed by atoms with E-state index in [4.69, 9.17) is 9.47 Å². The van der Waals surface area contributed by atoms with Gasteiger partial charge in [-0.15, -0.1) is 0 Å². The molecule has 3 aromatic carbocycles. The smallest absolute Gasteiger partial charge is 0.162 e. The second-order valence-electron chi connectivity index (χ2n) is 6.35. The molecule has 0 aliphatic heterocycles. The summed E-state index contributed by atoms with van der Waals surface area (Å²) in [5, 5.41) is 6.04. The lowest BCUT2D eigenvalue weighted by Gasteiger charge is -2.14. The van der Waals surface area contributed by atoms with Crippen LogP contribution in [-0.4, -0.2) is 25.3 Å². The van der Waals surface area contributed by atoms with Crippen LogP contribution >= 0.6 is 0 Å². The molecule has 4 nitrogen and oxygen atoms in total. The molecule has 0 unspecified atom stereocenters. The van der Waals surface area contributed by atoms with Gasteiger partial charge in [-0.05, 0) is 34.9 Å². The minimum absolute atomic E-state index is 0.483. The number of hydrogen-bond donors (Lipinski definition) is 0. The van der Waals surface area contributed by atoms with Crippen molar-refractivity contribution in [2.24, 2.45) is 5.10 Å². The molecule has 0 fully saturated rings. The molecule has 3 aromatic rings. The quantitative estimate of drug-likeness (QED) is 0.430. The molecule has 0 aliphatic rings. The van der Waals surface area contributed by atoms with E-state index in [0.29, 0.717) is 19.0 Å². The average Bonchev–Trinajstić information content (AvgIpc) is 2.71. The van der Waals surface area contributed by atoms with Gasteiger partial charge in [0.1, 0.15) is 13.2 Å². The van der Waals surface area contributed by atoms with Crippen molar-refractivity contribution >= 4 is 6.21 Å². The van der Waals surface area contributed by atoms with Crippen LogP contribution in [0.3, 0.4) is 0 Å². The van der Waals surface area contributed by atoms with E-state index in [1.54, 1.807) is 11.2 Å². The third kappa shape index (κ3) is 5.89. The fourth-order valence-electron chi connectivity index (χ4n) is 2.49. The van der Waals surface area contributed by atoms with E-state index in [1.807, 2.05) is 93.0 Å². The van der Waals surface area contributed by atoms with Gasteiger partial charge in [0, 0.05) is 14.1 Å². The molecule has 0 bridgehead atoms. The van der Waals surface area contributed by atoms with Gasteiger partial charge in [-0.25, -0.2) is 0 Å². The van der Waals surface area contributed by atoms with Gasteiger partial charge in [-0.1, -0.05) is 60.7 Å². The normalized spacial score (nSPS) is 10.7. The summed E-state index contributed by atoms with van der Waals surface area (Å²) in [4.78, 5) is 0. The van der Waals surface area contributed by atoms with Gasteiger partial charge in [-0.3, -0.25) is 0 Å². The van der Waals surface area contributed by atoms with E-state index < -0.39 is 0 Å². The largest absolute Gasteiger partial charge is 0.485 e. The molecule has 0 radical (unpaired) electrons. The number of ether oxygens (including phenoxy) is 2. The number of nitrogens with zero attached hydrogens (tertiary/aromatic N) is 2. The monoisotopic (exact) mass is 360 g/mol. The highest BCUT2D eigenvalue weighted by molar-refractivity contribution is 5.80. The highest BCUT2D eigenvalue weighted by atomic mass is 16.5. The second kappa shape index (κ2) is 9.43. The van der Waals surface area contributed by atoms with Crippen LogP contribution < -0.4 is 9.47 Å². The molecule has 0 spiro atoms. The summed E-state index contributed by atoms with van der Waals surface area (Å²) in [6.07, 6.45) is 1.80. The van der Waals surface area contributed by atoms with E-state index in [2.05, 4.69) is 5.10 Å². The number of benzene rings is 3. The predicted octanol–water partition coefficient (Wildman–Crippen LogP) is 4.74. The van der Waals surface area contributed by atoms with Gasteiger partial charge < -0.3 is 14.5 Å². The highest BCUT2D eigenvalue weighted by Crippen LogP contribution is 2.29. The summed E-state index contributed by atoms with van der Waals surface area (Å²) < 4.78 is 12.1. The molecule has 0 saturated carbocycles. The van der Waals surface area contributed by atoms with E-state index in [9.17, 15) is 0 Å². The lowest BCUT2D eigenvalue weighted by atomic mass is 10.2. The third-order valence-corrected chi connectivity index (χ3v) is 3.88. The molecule has 27 heavy (non-hydrogen) atoms. The van der Waals surface area contributed by atoms with Crippen molar-refractivity contribution in [1.29, 1.82) is 0 Å². The predicted molar refractivity (Wildman–Crippen MR) is 109 cm³/mol. The van der Waals surface area contributed by atoms with E-state index in [0.717, 1.165) is 22.4 Å². The van der Waals surface area contributed by atoms with Crippen molar-refractivity contribution in [3.63, 3.8) is 0 Å². The Morgan fingerprint density at radius 2 is 1.30 bits per heavy atom. The van der Waals surface area contributed by atoms with Gasteiger partial charge in [0.25, 0.3) is 0 Å². The summed E-state index contributed by atoms with van der Waals surface area (Å²) in [5.41, 5.74) is 3.18. The average molecular weight is 360 g/mol. The molecular formula is C23H24N2O2. The Morgan fingerprint density at radius 1 is 0.741 bits per heavy atom. The first-order chi connectivity index (χ1) is 13.2. The lowest BCUT2D eigenvalue weighted by molar-refractivity contribution is 0.256. The molecular weight excluding hydrogens is 336 g/mol. The van der Waals surface area contributed by atoms with Crippen LogP contribution in [0.4, 0.5) is 0 Å². The van der Waals surface area contributed by atoms with Crippen LogP contribution in [0, 0.1) is 0 Å². The van der Waals surface area contributed by atoms with Crippen LogP contribution in [-0.2, 0) is 13.2 Å². The zero-order chi connectivity index (χ0) is 18.9. The molecule has 0 heterocycles. The standard InChI is InChI=1S/C23H24N2O2/c1-25(2)24-16-21-13-14-22(26-17-19-9-5-3-6-10-19)23(15-21)27-18-20-11-7-4-8-12-20/h3-16H,17-18H2,1-2H3/b24-16-. The Bertz CT molecular complexity index is 862. The minimum atomic E-state index is 0.483. The van der Waals surface area contributed by atoms with Crippen LogP contribution in [0.1, 0.15) is 16.7 Å². The lowest BCUT2D eigenvalue weighted by Crippen LogP contribution is -2.03. The van der Waals surface area contributed by atoms with Crippen LogP contribution in [0.5, 0.6) is 11.5 Å². The van der Waals surface area contributed by atoms with Crippen LogP contribution in [0.25, 0.3) is 0 Å². The maximum atomic E-state index is 6.06. The van der Waals surface area contributed by atoms with Crippen molar-refractivity contribution in [1.82, 2.24) is 5.01 Å². The molecule has 0 atom stereocenters. The first kappa shape index (κ1) is 18.5. The van der Waals surface area contributed by atoms with Crippen molar-refractivity contribution in [3.05, 3.63) is 95.6 Å². The second-order valence-corrected chi connectivity index (χ2v) is 6.35. The number of hydrazone groups is 1. The maximum Gasteiger partial charge on any atom is 0.162 e. The Hall–Kier alpha value is -3.27. The molecule has 0 aliphatic carbocycles. The van der Waals surface area contributed by atoms with Crippen LogP contribution in [0.2, 0.25) is 0 Å². The Labute approximate surface area is 160 Å². The van der Waals surface area contributed by atoms with E-state index >= 15 is 0 Å². The van der Waals surface area contributed by atoms with Crippen LogP contribution in [0.15, 0.2) is 84.0 Å². The Kier molecular flexibility index (Phi) is 6.47. The molecule has 0 saturated heterocycles. The Morgan fingerprint density at radius 3 is 1.85 bits per heavy atom.